The maximum atomic E-state index is 5.46. The van der Waals surface area contributed by atoms with Crippen LogP contribution in [0.2, 0.25) is 0 Å². The summed E-state index contributed by atoms with van der Waals surface area (Å²) in [6.07, 6.45) is 0. The topological polar surface area (TPSA) is 48.8 Å². The molecule has 2 N–H and O–H groups in total. The second-order valence-electron chi connectivity index (χ2n) is 13.5. The van der Waals surface area contributed by atoms with Gasteiger partial charge in [-0.05, 0) is 88.9 Å². The lowest BCUT2D eigenvalue weighted by molar-refractivity contribution is 1.07. The molecule has 0 aromatic heterocycles. The molecule has 6 heteroatoms. The molecule has 0 aliphatic heterocycles. The Kier molecular flexibility index (Phi) is 12.4. The zero-order valence-electron chi connectivity index (χ0n) is 31.8. The first kappa shape index (κ1) is 37.6. The van der Waals surface area contributed by atoms with E-state index in [1.807, 2.05) is 0 Å². The monoisotopic (exact) mass is 752 g/mol. The van der Waals surface area contributed by atoms with Crippen LogP contribution >= 0.6 is 15.8 Å². The molecule has 0 saturated carbocycles. The quantitative estimate of drug-likeness (QED) is 0.0785. The van der Waals surface area contributed by atoms with Crippen molar-refractivity contribution in [3.8, 4) is 0 Å². The third kappa shape index (κ3) is 9.35. The number of hydrogen-bond donors (Lipinski definition) is 2. The molecule has 7 aromatic carbocycles. The van der Waals surface area contributed by atoms with Crippen molar-refractivity contribution < 1.29 is 0 Å². The summed E-state index contributed by atoms with van der Waals surface area (Å²) in [7, 11) is -1.97. The molecule has 0 saturated heterocycles. The first-order valence-corrected chi connectivity index (χ1v) is 21.3. The van der Waals surface area contributed by atoms with E-state index in [9.17, 15) is 0 Å². The van der Waals surface area contributed by atoms with Crippen LogP contribution < -0.4 is 31.9 Å². The minimum atomic E-state index is -1.01. The van der Waals surface area contributed by atoms with E-state index >= 15 is 0 Å². The molecule has 0 spiro atoms. The Hall–Kier alpha value is -5.66. The molecule has 7 rings (SSSR count). The van der Waals surface area contributed by atoms with E-state index in [1.54, 1.807) is 0 Å². The number of aliphatic imine (C=N–C) groups is 2. The molecule has 0 unspecified atom stereocenters. The third-order valence-electron chi connectivity index (χ3n) is 9.45. The van der Waals surface area contributed by atoms with E-state index in [0.717, 1.165) is 44.9 Å². The summed E-state index contributed by atoms with van der Waals surface area (Å²) < 4.78 is 0. The van der Waals surface area contributed by atoms with Crippen molar-refractivity contribution in [2.45, 2.75) is 34.2 Å². The molecule has 55 heavy (non-hydrogen) atoms. The molecule has 0 bridgehead atoms. The van der Waals surface area contributed by atoms with Crippen LogP contribution in [-0.4, -0.2) is 11.2 Å². The summed E-state index contributed by atoms with van der Waals surface area (Å²) in [6.45, 7) is 9.11. The normalized spacial score (nSPS) is 11.9. The minimum Gasteiger partial charge on any atom is -0.339 e. The number of hydrogen-bond acceptors (Lipinski definition) is 2. The summed E-state index contributed by atoms with van der Waals surface area (Å²) in [4.78, 5) is 10.9. The fraction of sp³-hybridized carbons (Fsp3) is 0.102. The Morgan fingerprint density at radius 2 is 0.855 bits per heavy atom. The van der Waals surface area contributed by atoms with Gasteiger partial charge in [0.2, 0.25) is 0 Å². The maximum Gasteiger partial charge on any atom is 0.138 e. The molecule has 0 radical (unpaired) electrons. The van der Waals surface area contributed by atoms with Crippen molar-refractivity contribution >= 4 is 65.3 Å². The molecule has 0 amide bonds. The SMILES string of the molecule is Cc1cccc(C)c1N=C(Nc1cccc(CN=C(Nc2c(C)cccc2C)P(c2ccccc2)c2ccccc2)c1)P(c1ccccc1)c1ccccc1. The van der Waals surface area contributed by atoms with Gasteiger partial charge < -0.3 is 10.6 Å². The standard InChI is InChI=1S/C49H46N4P2/c1-36-20-17-21-37(2)46(36)52-48(54(42-26-9-5-10-27-42)43-28-11-6-12-29-43)50-35-40-24-19-25-41(34-40)51-49(53-47-38(3)22-18-23-39(47)4)55(44-30-13-7-14-31-44)45-32-15-8-16-33-45/h5-34H,35H2,1-4H3,(H,50,52)(H,51,53). The largest absolute Gasteiger partial charge is 0.339 e. The Morgan fingerprint density at radius 3 is 1.33 bits per heavy atom. The minimum absolute atomic E-state index is 0.511. The lowest BCUT2D eigenvalue weighted by Crippen LogP contribution is -2.24. The van der Waals surface area contributed by atoms with Crippen molar-refractivity contribution in [2.75, 3.05) is 10.6 Å². The van der Waals surface area contributed by atoms with Gasteiger partial charge in [0.15, 0.2) is 0 Å². The molecule has 0 aliphatic carbocycles. The number of para-hydroxylation sites is 2. The van der Waals surface area contributed by atoms with Crippen molar-refractivity contribution in [1.29, 1.82) is 0 Å². The zero-order valence-corrected chi connectivity index (χ0v) is 33.6. The first-order chi connectivity index (χ1) is 26.9. The Balaban J connectivity index is 1.30. The van der Waals surface area contributed by atoms with Gasteiger partial charge in [0, 0.05) is 27.2 Å². The fourth-order valence-electron chi connectivity index (χ4n) is 6.65. The average molecular weight is 753 g/mol. The molecular weight excluding hydrogens is 707 g/mol. The van der Waals surface area contributed by atoms with Crippen LogP contribution in [0.1, 0.15) is 27.8 Å². The number of aryl methyl sites for hydroxylation is 4. The summed E-state index contributed by atoms with van der Waals surface area (Å²) >= 11 is 0. The van der Waals surface area contributed by atoms with E-state index in [-0.39, 0.29) is 0 Å². The van der Waals surface area contributed by atoms with Crippen LogP contribution in [0.25, 0.3) is 0 Å². The van der Waals surface area contributed by atoms with Gasteiger partial charge in [-0.15, -0.1) is 0 Å². The number of benzene rings is 7. The van der Waals surface area contributed by atoms with Crippen molar-refractivity contribution in [2.24, 2.45) is 9.98 Å². The molecule has 0 atom stereocenters. The molecule has 7 aromatic rings. The van der Waals surface area contributed by atoms with Gasteiger partial charge in [0.1, 0.15) is 11.2 Å². The van der Waals surface area contributed by atoms with Crippen LogP contribution in [0.4, 0.5) is 17.1 Å². The summed E-state index contributed by atoms with van der Waals surface area (Å²) in [6, 6.07) is 64.5. The molecule has 0 fully saturated rings. The van der Waals surface area contributed by atoms with Crippen molar-refractivity contribution in [3.05, 3.63) is 210 Å². The molecule has 0 aliphatic rings. The van der Waals surface area contributed by atoms with E-state index < -0.39 is 15.8 Å². The smallest absolute Gasteiger partial charge is 0.138 e. The Labute approximate surface area is 328 Å². The van der Waals surface area contributed by atoms with E-state index in [4.69, 9.17) is 9.98 Å². The molecule has 4 nitrogen and oxygen atoms in total. The lowest BCUT2D eigenvalue weighted by Gasteiger charge is -2.24. The van der Waals surface area contributed by atoms with Crippen LogP contribution in [0.15, 0.2) is 192 Å². The fourth-order valence-corrected chi connectivity index (χ4v) is 11.0. The van der Waals surface area contributed by atoms with Crippen LogP contribution in [0.5, 0.6) is 0 Å². The number of anilines is 2. The number of nitrogens with one attached hydrogen (secondary N) is 2. The first-order valence-electron chi connectivity index (χ1n) is 18.6. The molecular formula is C49H46N4P2. The highest BCUT2D eigenvalue weighted by molar-refractivity contribution is 7.88. The second-order valence-corrected chi connectivity index (χ2v) is 17.8. The molecule has 272 valence electrons. The average Bonchev–Trinajstić information content (AvgIpc) is 3.21. The van der Waals surface area contributed by atoms with Crippen LogP contribution in [0.3, 0.4) is 0 Å². The van der Waals surface area contributed by atoms with Gasteiger partial charge in [0.25, 0.3) is 0 Å². The highest BCUT2D eigenvalue weighted by Crippen LogP contribution is 2.40. The third-order valence-corrected chi connectivity index (χ3v) is 14.0. The van der Waals surface area contributed by atoms with Crippen LogP contribution in [0, 0.1) is 27.7 Å². The lowest BCUT2D eigenvalue weighted by atomic mass is 10.1. The van der Waals surface area contributed by atoms with E-state index in [1.165, 1.54) is 32.3 Å². The van der Waals surface area contributed by atoms with Crippen molar-refractivity contribution in [1.82, 2.24) is 0 Å². The van der Waals surface area contributed by atoms with E-state index in [0.29, 0.717) is 6.54 Å². The second kappa shape index (κ2) is 18.1. The van der Waals surface area contributed by atoms with Gasteiger partial charge in [-0.1, -0.05) is 170 Å². The number of amidine groups is 2. The Bertz CT molecular complexity index is 2280. The maximum absolute atomic E-state index is 5.46. The summed E-state index contributed by atoms with van der Waals surface area (Å²) in [5.41, 5.74) is 10.8. The van der Waals surface area contributed by atoms with Crippen LogP contribution in [-0.2, 0) is 6.54 Å². The highest BCUT2D eigenvalue weighted by atomic mass is 31.1. The molecule has 0 heterocycles. The summed E-state index contributed by atoms with van der Waals surface area (Å²) in [5, 5.41) is 12.7. The van der Waals surface area contributed by atoms with Crippen molar-refractivity contribution in [3.63, 3.8) is 0 Å². The number of nitrogens with zero attached hydrogens (tertiary/aromatic N) is 2. The predicted octanol–water partition coefficient (Wildman–Crippen LogP) is 11.3. The Morgan fingerprint density at radius 1 is 0.436 bits per heavy atom. The zero-order chi connectivity index (χ0) is 38.0. The van der Waals surface area contributed by atoms with Gasteiger partial charge in [-0.3, -0.25) is 4.99 Å². The summed E-state index contributed by atoms with van der Waals surface area (Å²) in [5.74, 6) is 0. The van der Waals surface area contributed by atoms with Gasteiger partial charge in [-0.2, -0.15) is 0 Å². The van der Waals surface area contributed by atoms with Gasteiger partial charge in [-0.25, -0.2) is 4.99 Å². The van der Waals surface area contributed by atoms with E-state index in [2.05, 4.69) is 220 Å². The highest BCUT2D eigenvalue weighted by Gasteiger charge is 2.24. The van der Waals surface area contributed by atoms with Gasteiger partial charge in [0.05, 0.1) is 12.2 Å². The predicted molar refractivity (Wildman–Crippen MR) is 242 cm³/mol. The van der Waals surface area contributed by atoms with Gasteiger partial charge >= 0.3 is 0 Å². The number of rotatable bonds is 11.